The average molecular weight is 370 g/mol. The van der Waals surface area contributed by atoms with Crippen molar-refractivity contribution in [3.8, 4) is 5.75 Å². The molecule has 0 saturated carbocycles. The molecule has 6 heteroatoms. The number of amides is 2. The van der Waals surface area contributed by atoms with E-state index >= 15 is 0 Å². The Hall–Kier alpha value is -2.47. The summed E-state index contributed by atoms with van der Waals surface area (Å²) in [5, 5.41) is 0. The highest BCUT2D eigenvalue weighted by Gasteiger charge is 2.23. The van der Waals surface area contributed by atoms with Gasteiger partial charge >= 0.3 is 0 Å². The maximum atomic E-state index is 12.7. The van der Waals surface area contributed by atoms with Crippen molar-refractivity contribution in [1.29, 1.82) is 0 Å². The molecular weight excluding hydrogens is 348 g/mol. The molecule has 0 unspecified atom stereocenters. The van der Waals surface area contributed by atoms with E-state index in [0.29, 0.717) is 42.4 Å². The number of carbonyl (C=O) groups is 2. The van der Waals surface area contributed by atoms with E-state index in [2.05, 4.69) is 12.6 Å². The first-order valence-corrected chi connectivity index (χ1v) is 9.13. The lowest BCUT2D eigenvalue weighted by molar-refractivity contribution is -0.133. The minimum Gasteiger partial charge on any atom is -0.484 e. The lowest BCUT2D eigenvalue weighted by atomic mass is 10.2. The quantitative estimate of drug-likeness (QED) is 0.842. The molecule has 0 aliphatic carbocycles. The average Bonchev–Trinajstić information content (AvgIpc) is 2.93. The predicted molar refractivity (Wildman–Crippen MR) is 103 cm³/mol. The summed E-state index contributed by atoms with van der Waals surface area (Å²) < 4.78 is 5.54. The highest BCUT2D eigenvalue weighted by molar-refractivity contribution is 7.80. The molecule has 1 fully saturated rings. The van der Waals surface area contributed by atoms with Crippen LogP contribution in [0.15, 0.2) is 59.5 Å². The van der Waals surface area contributed by atoms with Gasteiger partial charge in [-0.05, 0) is 30.7 Å². The van der Waals surface area contributed by atoms with Crippen LogP contribution in [0.2, 0.25) is 0 Å². The molecule has 0 atom stereocenters. The molecule has 1 saturated heterocycles. The van der Waals surface area contributed by atoms with Gasteiger partial charge < -0.3 is 14.5 Å². The van der Waals surface area contributed by atoms with Crippen molar-refractivity contribution in [3.05, 3.63) is 60.2 Å². The highest BCUT2D eigenvalue weighted by atomic mass is 32.1. The van der Waals surface area contributed by atoms with Crippen LogP contribution in [-0.4, -0.2) is 54.4 Å². The van der Waals surface area contributed by atoms with E-state index in [1.807, 2.05) is 48.5 Å². The van der Waals surface area contributed by atoms with E-state index in [9.17, 15) is 9.59 Å². The molecule has 3 rings (SSSR count). The molecule has 0 N–H and O–H groups in total. The number of hydrogen-bond acceptors (Lipinski definition) is 4. The SMILES string of the molecule is O=C(COc1ccccc1)N1CCCN(C(=O)c2ccccc2S)CC1. The van der Waals surface area contributed by atoms with Gasteiger partial charge in [0.2, 0.25) is 0 Å². The van der Waals surface area contributed by atoms with Crippen molar-refractivity contribution in [3.63, 3.8) is 0 Å². The number of carbonyl (C=O) groups excluding carboxylic acids is 2. The van der Waals surface area contributed by atoms with Crippen LogP contribution in [0, 0.1) is 0 Å². The summed E-state index contributed by atoms with van der Waals surface area (Å²) in [5.74, 6) is 0.584. The number of benzene rings is 2. The second-order valence-corrected chi connectivity index (χ2v) is 6.63. The minimum atomic E-state index is -0.0576. The smallest absolute Gasteiger partial charge is 0.260 e. The van der Waals surface area contributed by atoms with Crippen LogP contribution in [0.5, 0.6) is 5.75 Å². The number of thiol groups is 1. The molecule has 1 aliphatic heterocycles. The van der Waals surface area contributed by atoms with Gasteiger partial charge in [0.05, 0.1) is 5.56 Å². The van der Waals surface area contributed by atoms with Gasteiger partial charge in [-0.15, -0.1) is 12.6 Å². The maximum absolute atomic E-state index is 12.7. The molecule has 5 nitrogen and oxygen atoms in total. The van der Waals surface area contributed by atoms with Crippen LogP contribution >= 0.6 is 12.6 Å². The summed E-state index contributed by atoms with van der Waals surface area (Å²) >= 11 is 4.37. The van der Waals surface area contributed by atoms with Crippen molar-refractivity contribution in [2.75, 3.05) is 32.8 Å². The monoisotopic (exact) mass is 370 g/mol. The molecule has 0 radical (unpaired) electrons. The normalized spacial score (nSPS) is 14.7. The van der Waals surface area contributed by atoms with Gasteiger partial charge in [-0.1, -0.05) is 30.3 Å². The van der Waals surface area contributed by atoms with Gasteiger partial charge in [-0.25, -0.2) is 0 Å². The van der Waals surface area contributed by atoms with Crippen LogP contribution < -0.4 is 4.74 Å². The molecule has 0 bridgehead atoms. The molecule has 0 aromatic heterocycles. The predicted octanol–water partition coefficient (Wildman–Crippen LogP) is 2.73. The zero-order valence-corrected chi connectivity index (χ0v) is 15.4. The Morgan fingerprint density at radius 3 is 2.31 bits per heavy atom. The summed E-state index contributed by atoms with van der Waals surface area (Å²) in [6, 6.07) is 16.6. The fourth-order valence-corrected chi connectivity index (χ4v) is 3.20. The number of nitrogens with zero attached hydrogens (tertiary/aromatic N) is 2. The fraction of sp³-hybridized carbons (Fsp3) is 0.300. The zero-order valence-electron chi connectivity index (χ0n) is 14.5. The molecule has 2 aromatic carbocycles. The third-order valence-electron chi connectivity index (χ3n) is 4.38. The van der Waals surface area contributed by atoms with E-state index < -0.39 is 0 Å². The fourth-order valence-electron chi connectivity index (χ4n) is 2.95. The Morgan fingerprint density at radius 1 is 0.885 bits per heavy atom. The molecule has 1 aliphatic rings. The van der Waals surface area contributed by atoms with Crippen LogP contribution in [0.3, 0.4) is 0 Å². The standard InChI is InChI=1S/C20H22N2O3S/c23-19(15-25-16-7-2-1-3-8-16)21-11-6-12-22(14-13-21)20(24)17-9-4-5-10-18(17)26/h1-5,7-10,26H,6,11-15H2. The Kier molecular flexibility index (Phi) is 6.17. The third kappa shape index (κ3) is 4.58. The van der Waals surface area contributed by atoms with Crippen molar-refractivity contribution in [2.24, 2.45) is 0 Å². The van der Waals surface area contributed by atoms with Crippen LogP contribution in [0.4, 0.5) is 0 Å². The molecule has 2 aromatic rings. The first-order chi connectivity index (χ1) is 12.6. The first-order valence-electron chi connectivity index (χ1n) is 8.68. The van der Waals surface area contributed by atoms with Crippen molar-refractivity contribution < 1.29 is 14.3 Å². The summed E-state index contributed by atoms with van der Waals surface area (Å²) in [7, 11) is 0. The first kappa shape index (κ1) is 18.3. The molecule has 136 valence electrons. The summed E-state index contributed by atoms with van der Waals surface area (Å²) in [4.78, 5) is 29.4. The van der Waals surface area contributed by atoms with Gasteiger partial charge in [0.15, 0.2) is 6.61 Å². The zero-order chi connectivity index (χ0) is 18.4. The van der Waals surface area contributed by atoms with E-state index in [1.165, 1.54) is 0 Å². The number of ether oxygens (including phenoxy) is 1. The minimum absolute atomic E-state index is 0.0113. The van der Waals surface area contributed by atoms with E-state index in [-0.39, 0.29) is 18.4 Å². The summed E-state index contributed by atoms with van der Waals surface area (Å²) in [5.41, 5.74) is 0.600. The van der Waals surface area contributed by atoms with Gasteiger partial charge in [0.25, 0.3) is 11.8 Å². The molecule has 1 heterocycles. The van der Waals surface area contributed by atoms with Crippen LogP contribution in [-0.2, 0) is 4.79 Å². The van der Waals surface area contributed by atoms with Crippen LogP contribution in [0.25, 0.3) is 0 Å². The third-order valence-corrected chi connectivity index (χ3v) is 4.77. The van der Waals surface area contributed by atoms with Gasteiger partial charge in [0.1, 0.15) is 5.75 Å². The van der Waals surface area contributed by atoms with Crippen molar-refractivity contribution >= 4 is 24.4 Å². The van der Waals surface area contributed by atoms with E-state index in [1.54, 1.807) is 15.9 Å². The highest BCUT2D eigenvalue weighted by Crippen LogP contribution is 2.17. The second-order valence-electron chi connectivity index (χ2n) is 6.15. The Bertz CT molecular complexity index is 767. The Balaban J connectivity index is 1.55. The van der Waals surface area contributed by atoms with Crippen molar-refractivity contribution in [1.82, 2.24) is 9.80 Å². The summed E-state index contributed by atoms with van der Waals surface area (Å²) in [6.45, 7) is 2.29. The molecule has 26 heavy (non-hydrogen) atoms. The number of para-hydroxylation sites is 1. The van der Waals surface area contributed by atoms with Gasteiger partial charge in [-0.2, -0.15) is 0 Å². The molecule has 2 amide bonds. The molecular formula is C20H22N2O3S. The van der Waals surface area contributed by atoms with Crippen molar-refractivity contribution in [2.45, 2.75) is 11.3 Å². The summed E-state index contributed by atoms with van der Waals surface area (Å²) in [6.07, 6.45) is 0.748. The number of rotatable bonds is 4. The second kappa shape index (κ2) is 8.76. The lowest BCUT2D eigenvalue weighted by Crippen LogP contribution is -2.39. The van der Waals surface area contributed by atoms with Gasteiger partial charge in [-0.3, -0.25) is 9.59 Å². The lowest BCUT2D eigenvalue weighted by Gasteiger charge is -2.22. The topological polar surface area (TPSA) is 49.9 Å². The number of hydrogen-bond donors (Lipinski definition) is 1. The maximum Gasteiger partial charge on any atom is 0.260 e. The Labute approximate surface area is 159 Å². The van der Waals surface area contributed by atoms with E-state index in [4.69, 9.17) is 4.74 Å². The largest absolute Gasteiger partial charge is 0.484 e. The molecule has 0 spiro atoms. The van der Waals surface area contributed by atoms with Crippen LogP contribution in [0.1, 0.15) is 16.8 Å². The van der Waals surface area contributed by atoms with Gasteiger partial charge in [0, 0.05) is 31.1 Å². The Morgan fingerprint density at radius 2 is 1.54 bits per heavy atom. The van der Waals surface area contributed by atoms with E-state index in [0.717, 1.165) is 6.42 Å².